The van der Waals surface area contributed by atoms with Gasteiger partial charge in [-0.05, 0) is 35.4 Å². The third-order valence-corrected chi connectivity index (χ3v) is 4.25. The fraction of sp³-hybridized carbons (Fsp3) is 0.0909. The molecular weight excluding hydrogens is 308 g/mol. The van der Waals surface area contributed by atoms with Crippen LogP contribution >= 0.6 is 0 Å². The number of anilines is 1. The molecule has 122 valence electrons. The first kappa shape index (κ1) is 16.5. The van der Waals surface area contributed by atoms with E-state index in [1.165, 1.54) is 4.90 Å². The van der Waals surface area contributed by atoms with Crippen LogP contribution in [0.15, 0.2) is 72.8 Å². The van der Waals surface area contributed by atoms with E-state index in [0.717, 1.165) is 21.9 Å². The molecule has 0 aliphatic carbocycles. The van der Waals surface area contributed by atoms with Crippen molar-refractivity contribution >= 4 is 22.4 Å². The quantitative estimate of drug-likeness (QED) is 0.641. The Morgan fingerprint density at radius 2 is 1.76 bits per heavy atom. The molecule has 0 saturated heterocycles. The third-order valence-electron chi connectivity index (χ3n) is 4.25. The molecule has 0 fully saturated rings. The summed E-state index contributed by atoms with van der Waals surface area (Å²) < 4.78 is 0. The van der Waals surface area contributed by atoms with E-state index in [0.29, 0.717) is 16.8 Å². The van der Waals surface area contributed by atoms with E-state index < -0.39 is 0 Å². The number of nitriles is 1. The average molecular weight is 326 g/mol. The number of carbonyl (C=O) groups is 1. The zero-order chi connectivity index (χ0) is 18.0. The van der Waals surface area contributed by atoms with Crippen LogP contribution in [-0.4, -0.2) is 13.0 Å². The summed E-state index contributed by atoms with van der Waals surface area (Å²) in [7, 11) is 1.66. The van der Waals surface area contributed by atoms with Gasteiger partial charge in [-0.2, -0.15) is 5.26 Å². The number of amides is 1. The van der Waals surface area contributed by atoms with Gasteiger partial charge in [0.05, 0.1) is 11.3 Å². The van der Waals surface area contributed by atoms with Gasteiger partial charge in [0.25, 0.3) is 5.91 Å². The maximum absolute atomic E-state index is 12.3. The number of fused-ring (bicyclic) bond motifs is 1. The average Bonchev–Trinajstić information content (AvgIpc) is 2.65. The normalized spacial score (nSPS) is 10.3. The minimum atomic E-state index is -0.202. The summed E-state index contributed by atoms with van der Waals surface area (Å²) in [6, 6.07) is 22.0. The first-order valence-electron chi connectivity index (χ1n) is 7.99. The van der Waals surface area contributed by atoms with Gasteiger partial charge < -0.3 is 4.90 Å². The first-order chi connectivity index (χ1) is 12.0. The predicted octanol–water partition coefficient (Wildman–Crippen LogP) is 4.92. The number of rotatable bonds is 3. The summed E-state index contributed by atoms with van der Waals surface area (Å²) in [4.78, 5) is 13.7. The number of likely N-dealkylation sites (N-methyl/N-ethyl adjacent to an activating group) is 1. The summed E-state index contributed by atoms with van der Waals surface area (Å²) in [5.74, 6) is -0.202. The number of hydrogen-bond donors (Lipinski definition) is 0. The van der Waals surface area contributed by atoms with Gasteiger partial charge in [0.15, 0.2) is 0 Å². The zero-order valence-corrected chi connectivity index (χ0v) is 14.3. The molecule has 0 unspecified atom stereocenters. The second-order valence-electron chi connectivity index (χ2n) is 6.02. The third kappa shape index (κ3) is 3.02. The summed E-state index contributed by atoms with van der Waals surface area (Å²) in [6.45, 7) is 5.36. The van der Waals surface area contributed by atoms with Gasteiger partial charge >= 0.3 is 0 Å². The second-order valence-corrected chi connectivity index (χ2v) is 6.02. The molecule has 0 spiro atoms. The topological polar surface area (TPSA) is 44.1 Å². The molecule has 0 bridgehead atoms. The molecule has 0 saturated carbocycles. The van der Waals surface area contributed by atoms with Gasteiger partial charge in [-0.3, -0.25) is 4.79 Å². The smallest absolute Gasteiger partial charge is 0.253 e. The van der Waals surface area contributed by atoms with Crippen molar-refractivity contribution in [2.75, 3.05) is 11.9 Å². The maximum atomic E-state index is 12.3. The second kappa shape index (κ2) is 6.62. The van der Waals surface area contributed by atoms with Crippen LogP contribution in [0.4, 0.5) is 5.69 Å². The van der Waals surface area contributed by atoms with Gasteiger partial charge in [-0.1, -0.05) is 55.1 Å². The van der Waals surface area contributed by atoms with Crippen LogP contribution < -0.4 is 4.90 Å². The van der Waals surface area contributed by atoms with Crippen molar-refractivity contribution in [1.82, 2.24) is 0 Å². The highest BCUT2D eigenvalue weighted by Crippen LogP contribution is 2.32. The molecule has 0 aliphatic heterocycles. The van der Waals surface area contributed by atoms with Crippen LogP contribution in [0.1, 0.15) is 12.5 Å². The molecule has 0 radical (unpaired) electrons. The van der Waals surface area contributed by atoms with E-state index in [4.69, 9.17) is 0 Å². The monoisotopic (exact) mass is 326 g/mol. The lowest BCUT2D eigenvalue weighted by Gasteiger charge is -2.20. The van der Waals surface area contributed by atoms with Gasteiger partial charge in [-0.25, -0.2) is 0 Å². The van der Waals surface area contributed by atoms with Crippen LogP contribution in [0, 0.1) is 11.3 Å². The van der Waals surface area contributed by atoms with Gasteiger partial charge in [-0.15, -0.1) is 0 Å². The van der Waals surface area contributed by atoms with E-state index in [2.05, 4.69) is 24.8 Å². The highest BCUT2D eigenvalue weighted by molar-refractivity contribution is 6.05. The highest BCUT2D eigenvalue weighted by atomic mass is 16.2. The van der Waals surface area contributed by atoms with Gasteiger partial charge in [0.2, 0.25) is 0 Å². The van der Waals surface area contributed by atoms with Crippen molar-refractivity contribution in [2.45, 2.75) is 6.92 Å². The molecule has 0 N–H and O–H groups in total. The lowest BCUT2D eigenvalue weighted by molar-refractivity contribution is -0.114. The lowest BCUT2D eigenvalue weighted by Crippen LogP contribution is -2.27. The Bertz CT molecular complexity index is 1030. The molecule has 0 aliphatic rings. The van der Waals surface area contributed by atoms with Gasteiger partial charge in [0.1, 0.15) is 6.07 Å². The Kier molecular flexibility index (Phi) is 4.36. The van der Waals surface area contributed by atoms with E-state index in [-0.39, 0.29) is 5.91 Å². The summed E-state index contributed by atoms with van der Waals surface area (Å²) in [5.41, 5.74) is 3.26. The standard InChI is InChI=1S/C22H18N2O/c1-15(2)22(25)24(3)21-10-6-9-19(20(21)14-23)18-12-11-16-7-4-5-8-17(16)13-18/h4-13H,1H2,2-3H3. The van der Waals surface area contributed by atoms with Crippen molar-refractivity contribution in [2.24, 2.45) is 0 Å². The molecule has 3 heteroatoms. The molecule has 3 rings (SSSR count). The summed E-state index contributed by atoms with van der Waals surface area (Å²) >= 11 is 0. The van der Waals surface area contributed by atoms with Crippen molar-refractivity contribution < 1.29 is 4.79 Å². The van der Waals surface area contributed by atoms with Crippen molar-refractivity contribution in [1.29, 1.82) is 5.26 Å². The van der Waals surface area contributed by atoms with E-state index in [1.807, 2.05) is 42.5 Å². The Hall–Kier alpha value is -3.38. The minimum Gasteiger partial charge on any atom is -0.310 e. The Morgan fingerprint density at radius 3 is 2.44 bits per heavy atom. The number of hydrogen-bond acceptors (Lipinski definition) is 2. The molecule has 1 amide bonds. The van der Waals surface area contributed by atoms with Crippen LogP contribution in [0.25, 0.3) is 21.9 Å². The Morgan fingerprint density at radius 1 is 1.04 bits per heavy atom. The molecule has 3 nitrogen and oxygen atoms in total. The maximum Gasteiger partial charge on any atom is 0.253 e. The number of nitrogens with zero attached hydrogens (tertiary/aromatic N) is 2. The molecule has 3 aromatic rings. The fourth-order valence-corrected chi connectivity index (χ4v) is 2.93. The summed E-state index contributed by atoms with van der Waals surface area (Å²) in [6.07, 6.45) is 0. The van der Waals surface area contributed by atoms with Gasteiger partial charge in [0, 0.05) is 18.2 Å². The first-order valence-corrected chi connectivity index (χ1v) is 7.99. The van der Waals surface area contributed by atoms with Crippen LogP contribution in [0.5, 0.6) is 0 Å². The summed E-state index contributed by atoms with van der Waals surface area (Å²) in [5, 5.41) is 12.0. The van der Waals surface area contributed by atoms with Crippen molar-refractivity contribution in [3.63, 3.8) is 0 Å². The van der Waals surface area contributed by atoms with E-state index in [9.17, 15) is 10.1 Å². The van der Waals surface area contributed by atoms with Crippen LogP contribution in [0.3, 0.4) is 0 Å². The minimum absolute atomic E-state index is 0.202. The molecule has 25 heavy (non-hydrogen) atoms. The van der Waals surface area contributed by atoms with E-state index in [1.54, 1.807) is 20.0 Å². The SMILES string of the molecule is C=C(C)C(=O)N(C)c1cccc(-c2ccc3ccccc3c2)c1C#N. The molecule has 0 heterocycles. The van der Waals surface area contributed by atoms with E-state index >= 15 is 0 Å². The Labute approximate surface area is 147 Å². The van der Waals surface area contributed by atoms with Crippen LogP contribution in [0.2, 0.25) is 0 Å². The molecule has 0 atom stereocenters. The molecule has 3 aromatic carbocycles. The van der Waals surface area contributed by atoms with Crippen molar-refractivity contribution in [3.05, 3.63) is 78.4 Å². The lowest BCUT2D eigenvalue weighted by atomic mass is 9.96. The number of carbonyl (C=O) groups excluding carboxylic acids is 1. The number of benzene rings is 3. The van der Waals surface area contributed by atoms with Crippen molar-refractivity contribution in [3.8, 4) is 17.2 Å². The Balaban J connectivity index is 2.16. The molecular formula is C22H18N2O. The zero-order valence-electron chi connectivity index (χ0n) is 14.3. The van der Waals surface area contributed by atoms with Crippen LogP contribution in [-0.2, 0) is 4.79 Å². The largest absolute Gasteiger partial charge is 0.310 e. The highest BCUT2D eigenvalue weighted by Gasteiger charge is 2.18. The predicted molar refractivity (Wildman–Crippen MR) is 102 cm³/mol. The molecule has 0 aromatic heterocycles. The fourth-order valence-electron chi connectivity index (χ4n) is 2.93.